The Balaban J connectivity index is 1.60. The molecular weight excluding hydrogens is 338 g/mol. The molecule has 25 heavy (non-hydrogen) atoms. The van der Waals surface area contributed by atoms with Crippen molar-refractivity contribution in [3.63, 3.8) is 0 Å². The Hall–Kier alpha value is -2.77. The van der Waals surface area contributed by atoms with Gasteiger partial charge in [-0.05, 0) is 29.1 Å². The predicted molar refractivity (Wildman–Crippen MR) is 93.8 cm³/mol. The molecule has 126 valence electrons. The van der Waals surface area contributed by atoms with Crippen LogP contribution in [0.4, 0.5) is 0 Å². The van der Waals surface area contributed by atoms with Gasteiger partial charge in [0.2, 0.25) is 0 Å². The first-order chi connectivity index (χ1) is 12.2. The number of pyridine rings is 1. The van der Waals surface area contributed by atoms with E-state index in [9.17, 15) is 9.59 Å². The van der Waals surface area contributed by atoms with Crippen molar-refractivity contribution in [1.82, 2.24) is 15.4 Å². The molecule has 0 atom stereocenters. The maximum atomic E-state index is 12.9. The van der Waals surface area contributed by atoms with Gasteiger partial charge < -0.3 is 4.90 Å². The molecule has 3 aromatic rings. The molecule has 0 aliphatic carbocycles. The summed E-state index contributed by atoms with van der Waals surface area (Å²) in [6, 6.07) is 11.5. The molecule has 0 bridgehead atoms. The zero-order chi connectivity index (χ0) is 17.4. The molecule has 0 saturated heterocycles. The molecule has 2 aromatic heterocycles. The molecule has 0 unspecified atom stereocenters. The summed E-state index contributed by atoms with van der Waals surface area (Å²) in [5.74, 6) is -0.618. The van der Waals surface area contributed by atoms with Gasteiger partial charge in [-0.1, -0.05) is 18.2 Å². The molecule has 3 heterocycles. The number of thiophene rings is 1. The van der Waals surface area contributed by atoms with Gasteiger partial charge in [0.1, 0.15) is 0 Å². The van der Waals surface area contributed by atoms with Crippen LogP contribution in [0.25, 0.3) is 10.1 Å². The van der Waals surface area contributed by atoms with Gasteiger partial charge >= 0.3 is 0 Å². The molecule has 1 aliphatic heterocycles. The first-order valence-electron chi connectivity index (χ1n) is 7.86. The fourth-order valence-corrected chi connectivity index (χ4v) is 4.06. The van der Waals surface area contributed by atoms with E-state index in [-0.39, 0.29) is 11.5 Å². The van der Waals surface area contributed by atoms with E-state index in [1.54, 1.807) is 16.4 Å². The van der Waals surface area contributed by atoms with E-state index in [1.807, 2.05) is 30.3 Å². The molecule has 4 rings (SSSR count). The van der Waals surface area contributed by atoms with Crippen LogP contribution in [0.1, 0.15) is 31.3 Å². The number of hydrogen-bond donors (Lipinski definition) is 2. The number of rotatable bonds is 2. The van der Waals surface area contributed by atoms with Crippen LogP contribution in [-0.2, 0) is 13.0 Å². The minimum Gasteiger partial charge on any atom is -0.333 e. The number of nitrogens with one attached hydrogen (secondary N) is 1. The Morgan fingerprint density at radius 2 is 2.08 bits per heavy atom. The van der Waals surface area contributed by atoms with Crippen LogP contribution >= 0.6 is 11.3 Å². The van der Waals surface area contributed by atoms with Gasteiger partial charge in [0, 0.05) is 36.1 Å². The number of aromatic nitrogens is 1. The highest BCUT2D eigenvalue weighted by Gasteiger charge is 2.24. The molecule has 7 heteroatoms. The summed E-state index contributed by atoms with van der Waals surface area (Å²) in [5.41, 5.74) is 3.60. The third-order valence-corrected chi connectivity index (χ3v) is 5.43. The summed E-state index contributed by atoms with van der Waals surface area (Å²) >= 11 is 1.49. The summed E-state index contributed by atoms with van der Waals surface area (Å²) in [6.45, 7) is 1.00. The number of hydroxylamine groups is 1. The smallest absolute Gasteiger partial charge is 0.276 e. The summed E-state index contributed by atoms with van der Waals surface area (Å²) in [4.78, 5) is 31.2. The molecule has 2 N–H and O–H groups in total. The average molecular weight is 353 g/mol. The van der Waals surface area contributed by atoms with Crippen LogP contribution in [0.15, 0.2) is 42.6 Å². The fourth-order valence-electron chi connectivity index (χ4n) is 3.03. The monoisotopic (exact) mass is 353 g/mol. The van der Waals surface area contributed by atoms with Crippen LogP contribution in [-0.4, -0.2) is 33.5 Å². The van der Waals surface area contributed by atoms with Crippen molar-refractivity contribution in [2.45, 2.75) is 13.0 Å². The second-order valence-electron chi connectivity index (χ2n) is 5.90. The van der Waals surface area contributed by atoms with Crippen LogP contribution in [0, 0.1) is 0 Å². The first-order valence-corrected chi connectivity index (χ1v) is 8.67. The van der Waals surface area contributed by atoms with Crippen molar-refractivity contribution in [3.8, 4) is 0 Å². The molecule has 0 saturated carbocycles. The number of carbonyl (C=O) groups is 2. The fraction of sp³-hybridized carbons (Fsp3) is 0.167. The van der Waals surface area contributed by atoms with Gasteiger partial charge in [0.25, 0.3) is 11.8 Å². The lowest BCUT2D eigenvalue weighted by atomic mass is 10.0. The highest BCUT2D eigenvalue weighted by Crippen LogP contribution is 2.28. The van der Waals surface area contributed by atoms with E-state index in [0.29, 0.717) is 24.4 Å². The molecule has 0 fully saturated rings. The second kappa shape index (κ2) is 6.27. The van der Waals surface area contributed by atoms with Crippen molar-refractivity contribution < 1.29 is 14.8 Å². The van der Waals surface area contributed by atoms with E-state index in [1.165, 1.54) is 17.5 Å². The third-order valence-electron chi connectivity index (χ3n) is 4.33. The number of hydrogen-bond acceptors (Lipinski definition) is 5. The summed E-state index contributed by atoms with van der Waals surface area (Å²) in [7, 11) is 0. The van der Waals surface area contributed by atoms with Crippen molar-refractivity contribution >= 4 is 33.2 Å². The number of carbonyl (C=O) groups excluding carboxylic acids is 2. The van der Waals surface area contributed by atoms with Crippen molar-refractivity contribution in [2.75, 3.05) is 6.54 Å². The van der Waals surface area contributed by atoms with Crippen molar-refractivity contribution in [3.05, 3.63) is 64.3 Å². The van der Waals surface area contributed by atoms with Crippen molar-refractivity contribution in [2.24, 2.45) is 0 Å². The Bertz CT molecular complexity index is 950. The van der Waals surface area contributed by atoms with Gasteiger partial charge in [0.15, 0.2) is 0 Å². The topological polar surface area (TPSA) is 82.5 Å². The van der Waals surface area contributed by atoms with E-state index in [4.69, 9.17) is 5.21 Å². The summed E-state index contributed by atoms with van der Waals surface area (Å²) < 4.78 is 1.09. The van der Waals surface area contributed by atoms with E-state index < -0.39 is 5.91 Å². The highest BCUT2D eigenvalue weighted by molar-refractivity contribution is 7.20. The number of amides is 2. The minimum atomic E-state index is -0.608. The highest BCUT2D eigenvalue weighted by atomic mass is 32.1. The minimum absolute atomic E-state index is 0.0103. The van der Waals surface area contributed by atoms with Gasteiger partial charge in [-0.15, -0.1) is 11.3 Å². The number of benzene rings is 1. The predicted octanol–water partition coefficient (Wildman–Crippen LogP) is 2.61. The maximum absolute atomic E-state index is 12.9. The maximum Gasteiger partial charge on any atom is 0.276 e. The lowest BCUT2D eigenvalue weighted by molar-refractivity contribution is 0.0705. The quantitative estimate of drug-likeness (QED) is 0.548. The van der Waals surface area contributed by atoms with Gasteiger partial charge in [-0.2, -0.15) is 0 Å². The normalized spacial score (nSPS) is 13.6. The van der Waals surface area contributed by atoms with Gasteiger partial charge in [-0.25, -0.2) is 5.48 Å². The summed E-state index contributed by atoms with van der Waals surface area (Å²) in [5, 5.41) is 9.83. The lowest BCUT2D eigenvalue weighted by Crippen LogP contribution is -2.36. The number of fused-ring (bicyclic) bond motifs is 2. The molecular formula is C18H15N3O3S. The third kappa shape index (κ3) is 2.88. The van der Waals surface area contributed by atoms with Crippen LogP contribution in [0.5, 0.6) is 0 Å². The van der Waals surface area contributed by atoms with Crippen LogP contribution < -0.4 is 5.48 Å². The second-order valence-corrected chi connectivity index (χ2v) is 6.98. The molecule has 1 aliphatic rings. The Kier molecular flexibility index (Phi) is 3.95. The number of nitrogens with zero attached hydrogens (tertiary/aromatic N) is 2. The average Bonchev–Trinajstić information content (AvgIpc) is 3.10. The lowest BCUT2D eigenvalue weighted by Gasteiger charge is -2.28. The zero-order valence-corrected chi connectivity index (χ0v) is 14.0. The standard InChI is InChI=1S/C18H15N3O3S/c22-17(20-24)12-7-13-10-21(6-5-14(13)19-9-12)18(23)16-8-11-3-1-2-4-15(11)25-16/h1-4,7-9,24H,5-6,10H2,(H,20,22). The molecule has 0 spiro atoms. The molecule has 1 aromatic carbocycles. The Labute approximate surface area is 147 Å². The van der Waals surface area contributed by atoms with Gasteiger partial charge in [-0.3, -0.25) is 19.8 Å². The summed E-state index contributed by atoms with van der Waals surface area (Å²) in [6.07, 6.45) is 2.08. The van der Waals surface area contributed by atoms with E-state index >= 15 is 0 Å². The largest absolute Gasteiger partial charge is 0.333 e. The molecule has 0 radical (unpaired) electrons. The van der Waals surface area contributed by atoms with Gasteiger partial charge in [0.05, 0.1) is 10.4 Å². The van der Waals surface area contributed by atoms with Crippen molar-refractivity contribution in [1.29, 1.82) is 0 Å². The SMILES string of the molecule is O=C(NO)c1cnc2c(c1)CN(C(=O)c1cc3ccccc3s1)CC2. The van der Waals surface area contributed by atoms with Crippen LogP contribution in [0.2, 0.25) is 0 Å². The van der Waals surface area contributed by atoms with E-state index in [2.05, 4.69) is 4.98 Å². The first kappa shape index (κ1) is 15.7. The van der Waals surface area contributed by atoms with Crippen LogP contribution in [0.3, 0.4) is 0 Å². The Morgan fingerprint density at radius 1 is 1.24 bits per heavy atom. The molecule has 6 nitrogen and oxygen atoms in total. The zero-order valence-electron chi connectivity index (χ0n) is 13.2. The van der Waals surface area contributed by atoms with E-state index in [0.717, 1.165) is 21.3 Å². The molecule has 2 amide bonds. The Morgan fingerprint density at radius 3 is 2.88 bits per heavy atom.